The lowest BCUT2D eigenvalue weighted by molar-refractivity contribution is 0.0444. The summed E-state index contributed by atoms with van der Waals surface area (Å²) < 4.78 is 46.2. The van der Waals surface area contributed by atoms with E-state index < -0.39 is 27.9 Å². The third kappa shape index (κ3) is 7.94. The van der Waals surface area contributed by atoms with Crippen LogP contribution in [0.15, 0.2) is 53.4 Å². The number of hydrogen-bond acceptors (Lipinski definition) is 10. The van der Waals surface area contributed by atoms with E-state index in [1.807, 2.05) is 17.9 Å². The summed E-state index contributed by atoms with van der Waals surface area (Å²) in [5, 5.41) is 0. The van der Waals surface area contributed by atoms with Crippen LogP contribution < -0.4 is 10.2 Å². The molecule has 1 aliphatic heterocycles. The highest BCUT2D eigenvalue weighted by Crippen LogP contribution is 2.28. The van der Waals surface area contributed by atoms with Crippen LogP contribution in [0.3, 0.4) is 0 Å². The molecule has 1 N–H and O–H groups in total. The van der Waals surface area contributed by atoms with Crippen molar-refractivity contribution in [2.75, 3.05) is 58.5 Å². The molecule has 14 heteroatoms. The molecule has 4 rings (SSSR count). The molecule has 1 aliphatic rings. The fourth-order valence-electron chi connectivity index (χ4n) is 5.66. The second-order valence-corrected chi connectivity index (χ2v) is 13.0. The Morgan fingerprint density at radius 1 is 0.958 bits per heavy atom. The lowest BCUT2D eigenvalue weighted by Crippen LogP contribution is -2.49. The van der Waals surface area contributed by atoms with Gasteiger partial charge in [0.2, 0.25) is 10.0 Å². The van der Waals surface area contributed by atoms with Crippen LogP contribution in [0.4, 0.5) is 0 Å². The molecule has 2 heterocycles. The number of nitrogens with one attached hydrogen (secondary N) is 1. The molecule has 0 radical (unpaired) electrons. The van der Waals surface area contributed by atoms with Crippen molar-refractivity contribution in [2.45, 2.75) is 44.9 Å². The molecule has 1 fully saturated rings. The molecule has 2 aromatic carbocycles. The van der Waals surface area contributed by atoms with Crippen LogP contribution >= 0.6 is 0 Å². The zero-order chi connectivity index (χ0) is 34.8. The minimum atomic E-state index is -4.01. The molecule has 258 valence electrons. The van der Waals surface area contributed by atoms with Gasteiger partial charge in [-0.25, -0.2) is 22.7 Å². The number of carbonyl (C=O) groups is 4. The Hall–Kier alpha value is -4.53. The van der Waals surface area contributed by atoms with E-state index in [1.165, 1.54) is 34.3 Å². The van der Waals surface area contributed by atoms with E-state index in [2.05, 4.69) is 5.43 Å². The SMILES string of the molecule is CCCc1c(C=O)c(CC)c(C(=O)OC)n1NC(=O)c1cc(S(=O)(=O)N2CCN(CCOC(=O)c3ccccc3)CC2)ccc1OCC. The number of amides is 1. The molecule has 0 bridgehead atoms. The number of ether oxygens (including phenoxy) is 3. The van der Waals surface area contributed by atoms with Crippen molar-refractivity contribution in [3.63, 3.8) is 0 Å². The molecule has 48 heavy (non-hydrogen) atoms. The van der Waals surface area contributed by atoms with Gasteiger partial charge in [0.05, 0.1) is 35.4 Å². The fraction of sp³-hybridized carbons (Fsp3) is 0.412. The zero-order valence-electron chi connectivity index (χ0n) is 27.7. The molecule has 0 unspecified atom stereocenters. The molecule has 1 aromatic heterocycles. The van der Waals surface area contributed by atoms with Gasteiger partial charge in [0.25, 0.3) is 5.91 Å². The first kappa shape index (κ1) is 36.3. The van der Waals surface area contributed by atoms with Crippen molar-refractivity contribution in [2.24, 2.45) is 0 Å². The van der Waals surface area contributed by atoms with Gasteiger partial charge < -0.3 is 14.2 Å². The lowest BCUT2D eigenvalue weighted by Gasteiger charge is -2.33. The minimum absolute atomic E-state index is 0.0216. The number of piperazine rings is 1. The summed E-state index contributed by atoms with van der Waals surface area (Å²) in [5.41, 5.74) is 4.32. The number of methoxy groups -OCH3 is 1. The maximum atomic E-state index is 13.9. The number of aldehydes is 1. The number of nitrogens with zero attached hydrogens (tertiary/aromatic N) is 3. The third-order valence-electron chi connectivity index (χ3n) is 8.08. The highest BCUT2D eigenvalue weighted by atomic mass is 32.2. The topological polar surface area (TPSA) is 154 Å². The Kier molecular flexibility index (Phi) is 12.5. The van der Waals surface area contributed by atoms with Gasteiger partial charge >= 0.3 is 11.9 Å². The van der Waals surface area contributed by atoms with Crippen LogP contribution in [0.25, 0.3) is 0 Å². The van der Waals surface area contributed by atoms with Crippen molar-refractivity contribution in [1.82, 2.24) is 13.9 Å². The second-order valence-electron chi connectivity index (χ2n) is 11.0. The van der Waals surface area contributed by atoms with E-state index >= 15 is 0 Å². The fourth-order valence-corrected chi connectivity index (χ4v) is 7.11. The van der Waals surface area contributed by atoms with Crippen LogP contribution in [0.1, 0.15) is 80.0 Å². The molecule has 3 aromatic rings. The Bertz CT molecular complexity index is 1730. The largest absolute Gasteiger partial charge is 0.493 e. The van der Waals surface area contributed by atoms with Crippen LogP contribution in [0, 0.1) is 0 Å². The number of aromatic nitrogens is 1. The molecule has 13 nitrogen and oxygen atoms in total. The van der Waals surface area contributed by atoms with E-state index in [-0.39, 0.29) is 48.2 Å². The first-order valence-electron chi connectivity index (χ1n) is 15.9. The number of benzene rings is 2. The van der Waals surface area contributed by atoms with E-state index in [9.17, 15) is 27.6 Å². The first-order valence-corrected chi connectivity index (χ1v) is 17.4. The van der Waals surface area contributed by atoms with Crippen molar-refractivity contribution in [3.05, 3.63) is 82.2 Å². The molecular weight excluding hydrogens is 640 g/mol. The van der Waals surface area contributed by atoms with Gasteiger partial charge in [-0.15, -0.1) is 0 Å². The van der Waals surface area contributed by atoms with Crippen molar-refractivity contribution in [3.8, 4) is 5.75 Å². The van der Waals surface area contributed by atoms with Crippen LogP contribution in [-0.2, 0) is 32.3 Å². The average Bonchev–Trinajstić information content (AvgIpc) is 3.40. The molecule has 0 spiro atoms. The van der Waals surface area contributed by atoms with E-state index in [1.54, 1.807) is 38.1 Å². The smallest absolute Gasteiger partial charge is 0.356 e. The molecular formula is C34H42N4O9S. The van der Waals surface area contributed by atoms with Gasteiger partial charge in [-0.3, -0.25) is 19.9 Å². The zero-order valence-corrected chi connectivity index (χ0v) is 28.5. The Morgan fingerprint density at radius 2 is 1.67 bits per heavy atom. The normalized spacial score (nSPS) is 13.9. The number of carbonyl (C=O) groups excluding carboxylic acids is 4. The summed E-state index contributed by atoms with van der Waals surface area (Å²) in [6.45, 7) is 7.52. The van der Waals surface area contributed by atoms with Gasteiger partial charge in [0.15, 0.2) is 12.0 Å². The quantitative estimate of drug-likeness (QED) is 0.186. The summed E-state index contributed by atoms with van der Waals surface area (Å²) in [4.78, 5) is 53.0. The summed E-state index contributed by atoms with van der Waals surface area (Å²) in [6, 6.07) is 12.8. The number of sulfonamides is 1. The van der Waals surface area contributed by atoms with Crippen LogP contribution in [0.2, 0.25) is 0 Å². The Balaban J connectivity index is 1.53. The molecule has 0 aliphatic carbocycles. The van der Waals surface area contributed by atoms with Crippen molar-refractivity contribution in [1.29, 1.82) is 0 Å². The number of rotatable bonds is 15. The lowest BCUT2D eigenvalue weighted by atomic mass is 10.1. The van der Waals surface area contributed by atoms with Crippen molar-refractivity contribution < 1.29 is 41.8 Å². The van der Waals surface area contributed by atoms with Gasteiger partial charge in [-0.05, 0) is 55.7 Å². The minimum Gasteiger partial charge on any atom is -0.493 e. The predicted octanol–water partition coefficient (Wildman–Crippen LogP) is 3.55. The standard InChI is InChI=1S/C34H42N4O9S/c1-5-11-29-28(23-39)26(6-2)31(34(42)45-4)38(29)35-32(40)27-22-25(14-15-30(27)46-7-3)48(43,44)37-18-16-36(17-19-37)20-21-47-33(41)24-12-9-8-10-13-24/h8-10,12-15,22-23H,5-7,11,16-21H2,1-4H3,(H,35,40). The van der Waals surface area contributed by atoms with Gasteiger partial charge in [0, 0.05) is 38.3 Å². The highest BCUT2D eigenvalue weighted by molar-refractivity contribution is 7.89. The average molecular weight is 683 g/mol. The Labute approximate surface area is 280 Å². The molecule has 1 amide bonds. The maximum absolute atomic E-state index is 13.9. The van der Waals surface area contributed by atoms with Crippen LogP contribution in [-0.4, -0.2) is 99.5 Å². The number of hydrogen-bond donors (Lipinski definition) is 1. The van der Waals surface area contributed by atoms with Crippen LogP contribution in [0.5, 0.6) is 5.75 Å². The molecule has 0 saturated carbocycles. The molecule has 0 atom stereocenters. The summed E-state index contributed by atoms with van der Waals surface area (Å²) >= 11 is 0. The van der Waals surface area contributed by atoms with Crippen molar-refractivity contribution >= 4 is 34.2 Å². The van der Waals surface area contributed by atoms with E-state index in [0.29, 0.717) is 67.6 Å². The second kappa shape index (κ2) is 16.5. The predicted molar refractivity (Wildman–Crippen MR) is 178 cm³/mol. The highest BCUT2D eigenvalue weighted by Gasteiger charge is 2.31. The van der Waals surface area contributed by atoms with E-state index in [4.69, 9.17) is 14.2 Å². The third-order valence-corrected chi connectivity index (χ3v) is 9.98. The summed E-state index contributed by atoms with van der Waals surface area (Å²) in [6.07, 6.45) is 2.00. The number of esters is 2. The van der Waals surface area contributed by atoms with Gasteiger partial charge in [-0.1, -0.05) is 38.5 Å². The molecule has 1 saturated heterocycles. The monoisotopic (exact) mass is 682 g/mol. The van der Waals surface area contributed by atoms with Gasteiger partial charge in [-0.2, -0.15) is 4.31 Å². The Morgan fingerprint density at radius 3 is 2.27 bits per heavy atom. The van der Waals surface area contributed by atoms with E-state index in [0.717, 1.165) is 0 Å². The van der Waals surface area contributed by atoms with Gasteiger partial charge in [0.1, 0.15) is 12.4 Å². The maximum Gasteiger partial charge on any atom is 0.356 e. The summed E-state index contributed by atoms with van der Waals surface area (Å²) in [5.74, 6) is -1.73. The first-order chi connectivity index (χ1) is 23.1. The summed E-state index contributed by atoms with van der Waals surface area (Å²) in [7, 11) is -2.80.